The highest BCUT2D eigenvalue weighted by molar-refractivity contribution is 5.83. The van der Waals surface area contributed by atoms with Crippen molar-refractivity contribution in [3.8, 4) is 5.75 Å². The molecule has 0 heterocycles. The lowest BCUT2D eigenvalue weighted by Crippen LogP contribution is -2.35. The molecule has 1 unspecified atom stereocenters. The zero-order valence-corrected chi connectivity index (χ0v) is 15.9. The van der Waals surface area contributed by atoms with E-state index < -0.39 is 5.97 Å². The van der Waals surface area contributed by atoms with Gasteiger partial charge in [-0.05, 0) is 36.1 Å². The van der Waals surface area contributed by atoms with Crippen molar-refractivity contribution in [2.45, 2.75) is 38.6 Å². The van der Waals surface area contributed by atoms with Crippen LogP contribution in [-0.4, -0.2) is 35.5 Å². The minimum Gasteiger partial charge on any atom is -0.497 e. The third-order valence-electron chi connectivity index (χ3n) is 4.57. The lowest BCUT2D eigenvalue weighted by molar-refractivity contribution is -0.138. The topological polar surface area (TPSA) is 66.8 Å². The van der Waals surface area contributed by atoms with E-state index >= 15 is 0 Å². The molecule has 0 spiro atoms. The van der Waals surface area contributed by atoms with E-state index in [1.165, 1.54) is 0 Å². The summed E-state index contributed by atoms with van der Waals surface area (Å²) in [6, 6.07) is 17.3. The van der Waals surface area contributed by atoms with Gasteiger partial charge in [-0.15, -0.1) is 0 Å². The normalized spacial score (nSPS) is 11.6. The minimum atomic E-state index is -0.843. The Morgan fingerprint density at radius 3 is 2.30 bits per heavy atom. The van der Waals surface area contributed by atoms with Gasteiger partial charge in [0.05, 0.1) is 13.0 Å². The summed E-state index contributed by atoms with van der Waals surface area (Å²) < 4.78 is 5.19. The Morgan fingerprint density at radius 1 is 1.07 bits per heavy atom. The SMILES string of the molecule is CCC(C(=O)N(CCCC(=O)O)Cc1ccccc1)c1ccc(OC)cc1. The maximum absolute atomic E-state index is 13.3. The van der Waals surface area contributed by atoms with Crippen LogP contribution in [0, 0.1) is 0 Å². The molecule has 1 amide bonds. The fraction of sp³-hybridized carbons (Fsp3) is 0.364. The molecule has 1 N–H and O–H groups in total. The predicted molar refractivity (Wildman–Crippen MR) is 105 cm³/mol. The molecule has 0 saturated carbocycles. The van der Waals surface area contributed by atoms with E-state index in [9.17, 15) is 9.59 Å². The fourth-order valence-electron chi connectivity index (χ4n) is 3.10. The zero-order chi connectivity index (χ0) is 19.6. The van der Waals surface area contributed by atoms with Gasteiger partial charge in [0.2, 0.25) is 5.91 Å². The quantitative estimate of drug-likeness (QED) is 0.685. The van der Waals surface area contributed by atoms with Crippen LogP contribution in [0.5, 0.6) is 5.75 Å². The Morgan fingerprint density at radius 2 is 1.74 bits per heavy atom. The third-order valence-corrected chi connectivity index (χ3v) is 4.57. The van der Waals surface area contributed by atoms with Crippen molar-refractivity contribution >= 4 is 11.9 Å². The highest BCUT2D eigenvalue weighted by Crippen LogP contribution is 2.25. The molecule has 0 aliphatic rings. The molecule has 1 atom stereocenters. The zero-order valence-electron chi connectivity index (χ0n) is 15.9. The third kappa shape index (κ3) is 6.13. The van der Waals surface area contributed by atoms with Crippen molar-refractivity contribution in [3.63, 3.8) is 0 Å². The second-order valence-electron chi connectivity index (χ2n) is 6.48. The van der Waals surface area contributed by atoms with Gasteiger partial charge in [-0.2, -0.15) is 0 Å². The van der Waals surface area contributed by atoms with Crippen LogP contribution in [0.15, 0.2) is 54.6 Å². The molecule has 2 aromatic carbocycles. The molecule has 2 rings (SSSR count). The molecule has 27 heavy (non-hydrogen) atoms. The molecular weight excluding hydrogens is 342 g/mol. The Bertz CT molecular complexity index is 728. The highest BCUT2D eigenvalue weighted by Gasteiger charge is 2.24. The monoisotopic (exact) mass is 369 g/mol. The second kappa shape index (κ2) is 10.4. The largest absolute Gasteiger partial charge is 0.497 e. The first-order chi connectivity index (χ1) is 13.0. The molecule has 5 heteroatoms. The van der Waals surface area contributed by atoms with Crippen molar-refractivity contribution < 1.29 is 19.4 Å². The molecule has 0 bridgehead atoms. The van der Waals surface area contributed by atoms with E-state index in [4.69, 9.17) is 9.84 Å². The van der Waals surface area contributed by atoms with Crippen molar-refractivity contribution in [2.24, 2.45) is 0 Å². The van der Waals surface area contributed by atoms with E-state index in [1.807, 2.05) is 61.5 Å². The summed E-state index contributed by atoms with van der Waals surface area (Å²) >= 11 is 0. The minimum absolute atomic E-state index is 0.0249. The molecule has 0 saturated heterocycles. The molecule has 0 aliphatic heterocycles. The van der Waals surface area contributed by atoms with Gasteiger partial charge in [-0.1, -0.05) is 49.4 Å². The van der Waals surface area contributed by atoms with Crippen LogP contribution in [0.2, 0.25) is 0 Å². The average molecular weight is 369 g/mol. The van der Waals surface area contributed by atoms with Crippen LogP contribution in [0.4, 0.5) is 0 Å². The molecular formula is C22H27NO4. The van der Waals surface area contributed by atoms with Crippen LogP contribution in [0.1, 0.15) is 43.2 Å². The van der Waals surface area contributed by atoms with Gasteiger partial charge in [0.15, 0.2) is 0 Å². The number of nitrogens with zero attached hydrogens (tertiary/aromatic N) is 1. The van der Waals surface area contributed by atoms with E-state index in [2.05, 4.69) is 0 Å². The summed E-state index contributed by atoms with van der Waals surface area (Å²) in [6.07, 6.45) is 1.17. The number of rotatable bonds is 10. The highest BCUT2D eigenvalue weighted by atomic mass is 16.5. The van der Waals surface area contributed by atoms with Crippen molar-refractivity contribution in [1.82, 2.24) is 4.90 Å². The predicted octanol–water partition coefficient (Wildman–Crippen LogP) is 4.08. The lowest BCUT2D eigenvalue weighted by atomic mass is 9.94. The van der Waals surface area contributed by atoms with Gasteiger partial charge in [-0.3, -0.25) is 9.59 Å². The summed E-state index contributed by atoms with van der Waals surface area (Å²) in [6.45, 7) is 2.89. The number of carbonyl (C=O) groups is 2. The van der Waals surface area contributed by atoms with Crippen molar-refractivity contribution in [3.05, 3.63) is 65.7 Å². The van der Waals surface area contributed by atoms with Crippen LogP contribution in [0.25, 0.3) is 0 Å². The summed E-state index contributed by atoms with van der Waals surface area (Å²) in [5, 5.41) is 8.92. The van der Waals surface area contributed by atoms with Crippen molar-refractivity contribution in [2.75, 3.05) is 13.7 Å². The molecule has 0 fully saturated rings. The summed E-state index contributed by atoms with van der Waals surface area (Å²) in [5.41, 5.74) is 1.98. The molecule has 0 aromatic heterocycles. The number of hydrogen-bond donors (Lipinski definition) is 1. The van der Waals surface area contributed by atoms with Crippen LogP contribution in [0.3, 0.4) is 0 Å². The summed E-state index contributed by atoms with van der Waals surface area (Å²) in [5.74, 6) is -0.325. The fourth-order valence-corrected chi connectivity index (χ4v) is 3.10. The maximum atomic E-state index is 13.3. The van der Waals surface area contributed by atoms with E-state index in [-0.39, 0.29) is 18.2 Å². The number of carboxylic acid groups (broad SMARTS) is 1. The Labute approximate surface area is 160 Å². The number of hydrogen-bond acceptors (Lipinski definition) is 3. The van der Waals surface area contributed by atoms with Gasteiger partial charge in [0.1, 0.15) is 5.75 Å². The average Bonchev–Trinajstić information content (AvgIpc) is 2.68. The molecule has 5 nitrogen and oxygen atoms in total. The van der Waals surface area contributed by atoms with Gasteiger partial charge in [0, 0.05) is 19.5 Å². The molecule has 0 radical (unpaired) electrons. The number of benzene rings is 2. The Balaban J connectivity index is 2.18. The number of ether oxygens (including phenoxy) is 1. The number of amides is 1. The summed E-state index contributed by atoms with van der Waals surface area (Å²) in [7, 11) is 1.61. The summed E-state index contributed by atoms with van der Waals surface area (Å²) in [4.78, 5) is 25.9. The van der Waals surface area contributed by atoms with Gasteiger partial charge >= 0.3 is 5.97 Å². The van der Waals surface area contributed by atoms with E-state index in [1.54, 1.807) is 12.0 Å². The van der Waals surface area contributed by atoms with E-state index in [0.29, 0.717) is 25.9 Å². The number of carbonyl (C=O) groups excluding carboxylic acids is 1. The number of carboxylic acids is 1. The number of methoxy groups -OCH3 is 1. The first-order valence-electron chi connectivity index (χ1n) is 9.23. The molecule has 144 valence electrons. The Kier molecular flexibility index (Phi) is 7.86. The molecule has 0 aliphatic carbocycles. The molecule has 2 aromatic rings. The van der Waals surface area contributed by atoms with Crippen LogP contribution < -0.4 is 4.74 Å². The lowest BCUT2D eigenvalue weighted by Gasteiger charge is -2.27. The van der Waals surface area contributed by atoms with Crippen LogP contribution >= 0.6 is 0 Å². The van der Waals surface area contributed by atoms with Gasteiger partial charge in [0.25, 0.3) is 0 Å². The first-order valence-corrected chi connectivity index (χ1v) is 9.23. The standard InChI is InChI=1S/C22H27NO4/c1-3-20(18-11-13-19(27-2)14-12-18)22(26)23(15-7-10-21(24)25)16-17-8-5-4-6-9-17/h4-6,8-9,11-14,20H,3,7,10,15-16H2,1-2H3,(H,24,25). The Hall–Kier alpha value is -2.82. The number of aliphatic carboxylic acids is 1. The van der Waals surface area contributed by atoms with Crippen LogP contribution in [-0.2, 0) is 16.1 Å². The second-order valence-corrected chi connectivity index (χ2v) is 6.48. The van der Waals surface area contributed by atoms with Gasteiger partial charge in [-0.25, -0.2) is 0 Å². The smallest absolute Gasteiger partial charge is 0.303 e. The van der Waals surface area contributed by atoms with Gasteiger partial charge < -0.3 is 14.7 Å². The van der Waals surface area contributed by atoms with Crippen molar-refractivity contribution in [1.29, 1.82) is 0 Å². The van der Waals surface area contributed by atoms with E-state index in [0.717, 1.165) is 16.9 Å². The maximum Gasteiger partial charge on any atom is 0.303 e. The first kappa shape index (κ1) is 20.5.